The van der Waals surface area contributed by atoms with Crippen molar-refractivity contribution in [2.45, 2.75) is 39.3 Å². The molecule has 1 aliphatic heterocycles. The lowest BCUT2D eigenvalue weighted by atomic mass is 10.1. The summed E-state index contributed by atoms with van der Waals surface area (Å²) in [4.78, 5) is 24.9. The van der Waals surface area contributed by atoms with Gasteiger partial charge in [0.1, 0.15) is 5.60 Å². The average molecular weight is 284 g/mol. The van der Waals surface area contributed by atoms with E-state index in [2.05, 4.69) is 0 Å². The van der Waals surface area contributed by atoms with Gasteiger partial charge >= 0.3 is 11.1 Å². The number of ether oxygens (including phenoxy) is 1. The highest BCUT2D eigenvalue weighted by atomic mass is 32.1. The second kappa shape index (κ2) is 4.80. The Kier molecular flexibility index (Phi) is 3.49. The number of fused-ring (bicyclic) bond motifs is 1. The number of amides is 1. The van der Waals surface area contributed by atoms with E-state index in [4.69, 9.17) is 4.74 Å². The molecule has 0 N–H and O–H groups in total. The number of carbonyl (C=O) groups excluding carboxylic acids is 1. The van der Waals surface area contributed by atoms with Crippen LogP contribution in [0, 0.1) is 10.1 Å². The largest absolute Gasteiger partial charge is 0.444 e. The Bertz CT molecular complexity index is 518. The molecule has 0 spiro atoms. The Morgan fingerprint density at radius 1 is 1.53 bits per heavy atom. The molecule has 0 atom stereocenters. The standard InChI is InChI=1S/C12H16N2O4S/c1-12(2,3)18-11(15)13-5-4-9-8(7-13)6-10(19-9)14(16)17/h6H,4-5,7H2,1-3H3. The molecule has 0 radical (unpaired) electrons. The van der Waals surface area contributed by atoms with E-state index in [9.17, 15) is 14.9 Å². The molecule has 0 saturated carbocycles. The third-order valence-corrected chi connectivity index (χ3v) is 3.87. The number of rotatable bonds is 1. The van der Waals surface area contributed by atoms with Gasteiger partial charge in [-0.05, 0) is 26.3 Å². The summed E-state index contributed by atoms with van der Waals surface area (Å²) in [7, 11) is 0. The zero-order chi connectivity index (χ0) is 14.2. The van der Waals surface area contributed by atoms with E-state index in [0.29, 0.717) is 19.5 Å². The number of hydrogen-bond donors (Lipinski definition) is 0. The first kappa shape index (κ1) is 13.8. The summed E-state index contributed by atoms with van der Waals surface area (Å²) in [5.41, 5.74) is 0.326. The molecule has 0 aromatic carbocycles. The Morgan fingerprint density at radius 2 is 2.21 bits per heavy atom. The maximum absolute atomic E-state index is 11.9. The van der Waals surface area contributed by atoms with Crippen LogP contribution in [0.4, 0.5) is 9.80 Å². The monoisotopic (exact) mass is 284 g/mol. The highest BCUT2D eigenvalue weighted by Crippen LogP contribution is 2.33. The van der Waals surface area contributed by atoms with Gasteiger partial charge < -0.3 is 9.64 Å². The molecule has 6 nitrogen and oxygen atoms in total. The van der Waals surface area contributed by atoms with Crippen LogP contribution < -0.4 is 0 Å². The molecule has 104 valence electrons. The van der Waals surface area contributed by atoms with E-state index >= 15 is 0 Å². The lowest BCUT2D eigenvalue weighted by Crippen LogP contribution is -2.39. The third-order valence-electron chi connectivity index (χ3n) is 2.69. The first-order valence-corrected chi connectivity index (χ1v) is 6.82. The quantitative estimate of drug-likeness (QED) is 0.587. The minimum absolute atomic E-state index is 0.135. The molecule has 2 rings (SSSR count). The van der Waals surface area contributed by atoms with Crippen molar-refractivity contribution < 1.29 is 14.5 Å². The van der Waals surface area contributed by atoms with Gasteiger partial charge in [-0.25, -0.2) is 4.79 Å². The van der Waals surface area contributed by atoms with Crippen LogP contribution in [0.25, 0.3) is 0 Å². The number of nitro groups is 1. The van der Waals surface area contributed by atoms with Crippen molar-refractivity contribution in [2.24, 2.45) is 0 Å². The van der Waals surface area contributed by atoms with Gasteiger partial charge in [0.15, 0.2) is 0 Å². The zero-order valence-electron chi connectivity index (χ0n) is 11.1. The molecule has 1 aliphatic rings. The molecule has 19 heavy (non-hydrogen) atoms. The Morgan fingerprint density at radius 3 is 2.79 bits per heavy atom. The fourth-order valence-electron chi connectivity index (χ4n) is 1.89. The normalized spacial score (nSPS) is 15.0. The lowest BCUT2D eigenvalue weighted by Gasteiger charge is -2.29. The van der Waals surface area contributed by atoms with E-state index in [1.807, 2.05) is 20.8 Å². The van der Waals surface area contributed by atoms with Crippen LogP contribution in [0.5, 0.6) is 0 Å². The van der Waals surface area contributed by atoms with Gasteiger partial charge in [-0.2, -0.15) is 0 Å². The molecule has 2 heterocycles. The molecule has 0 aliphatic carbocycles. The molecular formula is C12H16N2O4S. The number of nitrogens with zero attached hydrogens (tertiary/aromatic N) is 2. The second-order valence-electron chi connectivity index (χ2n) is 5.44. The number of hydrogen-bond acceptors (Lipinski definition) is 5. The SMILES string of the molecule is CC(C)(C)OC(=O)N1CCc2sc([N+](=O)[O-])cc2C1. The summed E-state index contributed by atoms with van der Waals surface area (Å²) in [6.45, 7) is 6.37. The second-order valence-corrected chi connectivity index (χ2v) is 6.56. The summed E-state index contributed by atoms with van der Waals surface area (Å²) >= 11 is 1.19. The number of carbonyl (C=O) groups is 1. The predicted octanol–water partition coefficient (Wildman–Crippen LogP) is 2.95. The first-order chi connectivity index (χ1) is 8.76. The van der Waals surface area contributed by atoms with Crippen molar-refractivity contribution in [2.75, 3.05) is 6.54 Å². The van der Waals surface area contributed by atoms with Crippen LogP contribution >= 0.6 is 11.3 Å². The van der Waals surface area contributed by atoms with E-state index < -0.39 is 5.60 Å². The van der Waals surface area contributed by atoms with Crippen LogP contribution in [-0.2, 0) is 17.7 Å². The zero-order valence-corrected chi connectivity index (χ0v) is 12.0. The van der Waals surface area contributed by atoms with Crippen molar-refractivity contribution in [3.05, 3.63) is 26.6 Å². The van der Waals surface area contributed by atoms with Crippen LogP contribution in [0.3, 0.4) is 0 Å². The lowest BCUT2D eigenvalue weighted by molar-refractivity contribution is -0.380. The highest BCUT2D eigenvalue weighted by molar-refractivity contribution is 7.15. The molecule has 0 fully saturated rings. The summed E-state index contributed by atoms with van der Waals surface area (Å²) in [5.74, 6) is 0. The minimum atomic E-state index is -0.530. The summed E-state index contributed by atoms with van der Waals surface area (Å²) in [5, 5.41) is 10.9. The van der Waals surface area contributed by atoms with Crippen LogP contribution in [-0.4, -0.2) is 28.1 Å². The van der Waals surface area contributed by atoms with Gasteiger partial charge in [-0.3, -0.25) is 10.1 Å². The van der Waals surface area contributed by atoms with E-state index in [0.717, 1.165) is 10.4 Å². The van der Waals surface area contributed by atoms with Crippen LogP contribution in [0.1, 0.15) is 31.2 Å². The molecule has 0 unspecified atom stereocenters. The van der Waals surface area contributed by atoms with Gasteiger partial charge in [-0.1, -0.05) is 11.3 Å². The number of thiophene rings is 1. The van der Waals surface area contributed by atoms with Crippen LogP contribution in [0.15, 0.2) is 6.07 Å². The van der Waals surface area contributed by atoms with Gasteiger partial charge in [0.05, 0.1) is 11.5 Å². The summed E-state index contributed by atoms with van der Waals surface area (Å²) in [6, 6.07) is 1.55. The van der Waals surface area contributed by atoms with E-state index in [1.165, 1.54) is 11.3 Å². The fourth-order valence-corrected chi connectivity index (χ4v) is 2.87. The van der Waals surface area contributed by atoms with E-state index in [-0.39, 0.29) is 16.0 Å². The molecule has 1 amide bonds. The Balaban J connectivity index is 2.09. The van der Waals surface area contributed by atoms with Crippen molar-refractivity contribution in [3.63, 3.8) is 0 Å². The van der Waals surface area contributed by atoms with Crippen molar-refractivity contribution in [1.82, 2.24) is 4.90 Å². The topological polar surface area (TPSA) is 72.7 Å². The molecule has 1 aromatic rings. The first-order valence-electron chi connectivity index (χ1n) is 6.00. The summed E-state index contributed by atoms with van der Waals surface area (Å²) < 4.78 is 5.30. The maximum Gasteiger partial charge on any atom is 0.410 e. The van der Waals surface area contributed by atoms with Gasteiger partial charge in [0.2, 0.25) is 0 Å². The predicted molar refractivity (Wildman–Crippen MR) is 71.3 cm³/mol. The van der Waals surface area contributed by atoms with Gasteiger partial charge in [0.25, 0.3) is 0 Å². The molecule has 7 heteroatoms. The van der Waals surface area contributed by atoms with Crippen molar-refractivity contribution in [1.29, 1.82) is 0 Å². The minimum Gasteiger partial charge on any atom is -0.444 e. The van der Waals surface area contributed by atoms with Gasteiger partial charge in [-0.15, -0.1) is 0 Å². The van der Waals surface area contributed by atoms with Crippen molar-refractivity contribution >= 4 is 22.4 Å². The average Bonchev–Trinajstić information content (AvgIpc) is 2.69. The van der Waals surface area contributed by atoms with E-state index in [1.54, 1.807) is 11.0 Å². The van der Waals surface area contributed by atoms with Gasteiger partial charge in [0, 0.05) is 23.9 Å². The van der Waals surface area contributed by atoms with Crippen molar-refractivity contribution in [3.8, 4) is 0 Å². The summed E-state index contributed by atoms with van der Waals surface area (Å²) in [6.07, 6.45) is 0.277. The van der Waals surface area contributed by atoms with Crippen LogP contribution in [0.2, 0.25) is 0 Å². The Labute approximate surface area is 115 Å². The molecular weight excluding hydrogens is 268 g/mol. The maximum atomic E-state index is 11.9. The third kappa shape index (κ3) is 3.23. The Hall–Kier alpha value is -1.63. The fraction of sp³-hybridized carbons (Fsp3) is 0.583. The molecule has 1 aromatic heterocycles. The highest BCUT2D eigenvalue weighted by Gasteiger charge is 2.28. The molecule has 0 saturated heterocycles. The smallest absolute Gasteiger partial charge is 0.410 e. The molecule has 0 bridgehead atoms.